The second kappa shape index (κ2) is 7.37. The standard InChI is InChI=1S/C16H21ClO2S/c1-11(20-10-16(18)19)13-7-8-14(15(17)9-13)12-5-3-2-4-6-12/h7-9,11-12H,2-6,10H2,1H3,(H,18,19). The van der Waals surface area contributed by atoms with Gasteiger partial charge in [0.1, 0.15) is 0 Å². The maximum Gasteiger partial charge on any atom is 0.313 e. The molecule has 0 radical (unpaired) electrons. The number of thioether (sulfide) groups is 1. The molecule has 0 amide bonds. The van der Waals surface area contributed by atoms with Crippen LogP contribution in [0.15, 0.2) is 18.2 Å². The van der Waals surface area contributed by atoms with E-state index in [0.717, 1.165) is 10.6 Å². The molecule has 1 aliphatic carbocycles. The van der Waals surface area contributed by atoms with Crippen LogP contribution in [0.1, 0.15) is 61.3 Å². The van der Waals surface area contributed by atoms with Crippen molar-refractivity contribution in [3.8, 4) is 0 Å². The molecule has 4 heteroatoms. The van der Waals surface area contributed by atoms with E-state index in [1.165, 1.54) is 49.4 Å². The van der Waals surface area contributed by atoms with Crippen molar-refractivity contribution in [2.75, 3.05) is 5.75 Å². The minimum absolute atomic E-state index is 0.128. The third-order valence-corrected chi connectivity index (χ3v) is 5.51. The summed E-state index contributed by atoms with van der Waals surface area (Å²) in [6.07, 6.45) is 6.42. The lowest BCUT2D eigenvalue weighted by atomic mass is 9.84. The Balaban J connectivity index is 2.06. The minimum Gasteiger partial charge on any atom is -0.481 e. The van der Waals surface area contributed by atoms with E-state index in [0.29, 0.717) is 5.92 Å². The largest absolute Gasteiger partial charge is 0.481 e. The fourth-order valence-corrected chi connectivity index (χ4v) is 3.91. The molecule has 1 aromatic rings. The Labute approximate surface area is 129 Å². The lowest BCUT2D eigenvalue weighted by Crippen LogP contribution is -2.06. The molecule has 1 saturated carbocycles. The molecule has 0 bridgehead atoms. The van der Waals surface area contributed by atoms with Gasteiger partial charge in [-0.25, -0.2) is 0 Å². The first-order valence-electron chi connectivity index (χ1n) is 7.20. The molecule has 1 fully saturated rings. The quantitative estimate of drug-likeness (QED) is 0.805. The summed E-state index contributed by atoms with van der Waals surface area (Å²) in [6.45, 7) is 2.03. The second-order valence-electron chi connectivity index (χ2n) is 5.46. The lowest BCUT2D eigenvalue weighted by molar-refractivity contribution is -0.133. The van der Waals surface area contributed by atoms with Crippen molar-refractivity contribution in [2.24, 2.45) is 0 Å². The molecule has 0 saturated heterocycles. The van der Waals surface area contributed by atoms with Gasteiger partial charge in [0.15, 0.2) is 0 Å². The number of carboxylic acid groups (broad SMARTS) is 1. The van der Waals surface area contributed by atoms with Gasteiger partial charge in [-0.05, 0) is 42.9 Å². The van der Waals surface area contributed by atoms with Gasteiger partial charge < -0.3 is 5.11 Å². The zero-order chi connectivity index (χ0) is 14.5. The van der Waals surface area contributed by atoms with Gasteiger partial charge in [-0.15, -0.1) is 11.8 Å². The van der Waals surface area contributed by atoms with E-state index >= 15 is 0 Å². The molecule has 1 aromatic carbocycles. The average molecular weight is 313 g/mol. The van der Waals surface area contributed by atoms with Crippen LogP contribution in [0.25, 0.3) is 0 Å². The van der Waals surface area contributed by atoms with Crippen LogP contribution in [0.3, 0.4) is 0 Å². The van der Waals surface area contributed by atoms with Crippen LogP contribution in [0, 0.1) is 0 Å². The first-order valence-corrected chi connectivity index (χ1v) is 8.63. The van der Waals surface area contributed by atoms with E-state index in [-0.39, 0.29) is 11.0 Å². The van der Waals surface area contributed by atoms with Gasteiger partial charge in [-0.2, -0.15) is 0 Å². The van der Waals surface area contributed by atoms with Crippen molar-refractivity contribution in [1.29, 1.82) is 0 Å². The average Bonchev–Trinajstić information content (AvgIpc) is 2.45. The number of halogens is 1. The van der Waals surface area contributed by atoms with Crippen LogP contribution in [0.4, 0.5) is 0 Å². The van der Waals surface area contributed by atoms with Crippen molar-refractivity contribution in [1.82, 2.24) is 0 Å². The third-order valence-electron chi connectivity index (χ3n) is 4.00. The Bertz CT molecular complexity index is 470. The lowest BCUT2D eigenvalue weighted by Gasteiger charge is -2.23. The SMILES string of the molecule is CC(SCC(=O)O)c1ccc(C2CCCCC2)c(Cl)c1. The van der Waals surface area contributed by atoms with Gasteiger partial charge in [-0.3, -0.25) is 4.79 Å². The number of carbonyl (C=O) groups is 1. The smallest absolute Gasteiger partial charge is 0.313 e. The van der Waals surface area contributed by atoms with Gasteiger partial charge >= 0.3 is 5.97 Å². The molecule has 0 aliphatic heterocycles. The molecule has 2 nitrogen and oxygen atoms in total. The van der Waals surface area contributed by atoms with E-state index < -0.39 is 5.97 Å². The number of benzene rings is 1. The van der Waals surface area contributed by atoms with E-state index in [2.05, 4.69) is 12.1 Å². The highest BCUT2D eigenvalue weighted by Gasteiger charge is 2.19. The Morgan fingerprint density at radius 1 is 1.40 bits per heavy atom. The summed E-state index contributed by atoms with van der Waals surface area (Å²) in [4.78, 5) is 10.6. The van der Waals surface area contributed by atoms with Crippen molar-refractivity contribution >= 4 is 29.3 Å². The van der Waals surface area contributed by atoms with Crippen LogP contribution >= 0.6 is 23.4 Å². The predicted octanol–water partition coefficient (Wildman–Crippen LogP) is 5.27. The monoisotopic (exact) mass is 312 g/mol. The molecule has 1 atom stereocenters. The molecule has 0 heterocycles. The molecule has 0 aromatic heterocycles. The number of hydrogen-bond donors (Lipinski definition) is 1. The summed E-state index contributed by atoms with van der Waals surface area (Å²) in [5, 5.41) is 9.73. The summed E-state index contributed by atoms with van der Waals surface area (Å²) in [5.41, 5.74) is 2.38. The molecule has 1 N–H and O–H groups in total. The number of rotatable bonds is 5. The molecular weight excluding hydrogens is 292 g/mol. The van der Waals surface area contributed by atoms with Crippen molar-refractivity contribution in [3.63, 3.8) is 0 Å². The molecule has 20 heavy (non-hydrogen) atoms. The van der Waals surface area contributed by atoms with Gasteiger partial charge in [0.2, 0.25) is 0 Å². The van der Waals surface area contributed by atoms with Gasteiger partial charge in [0, 0.05) is 10.3 Å². The summed E-state index contributed by atoms with van der Waals surface area (Å²) in [7, 11) is 0. The van der Waals surface area contributed by atoms with Crippen LogP contribution in [-0.4, -0.2) is 16.8 Å². The van der Waals surface area contributed by atoms with Crippen molar-refractivity contribution < 1.29 is 9.90 Å². The van der Waals surface area contributed by atoms with E-state index in [4.69, 9.17) is 16.7 Å². The molecule has 2 rings (SSSR count). The van der Waals surface area contributed by atoms with Gasteiger partial charge in [-0.1, -0.05) is 43.0 Å². The van der Waals surface area contributed by atoms with Gasteiger partial charge in [0.25, 0.3) is 0 Å². The zero-order valence-electron chi connectivity index (χ0n) is 11.8. The van der Waals surface area contributed by atoms with Crippen molar-refractivity contribution in [2.45, 2.75) is 50.2 Å². The van der Waals surface area contributed by atoms with Crippen LogP contribution in [0.2, 0.25) is 5.02 Å². The normalized spacial score (nSPS) is 17.9. The fourth-order valence-electron chi connectivity index (χ4n) is 2.83. The second-order valence-corrected chi connectivity index (χ2v) is 7.20. The molecule has 0 spiro atoms. The summed E-state index contributed by atoms with van der Waals surface area (Å²) < 4.78 is 0. The number of carboxylic acids is 1. The third kappa shape index (κ3) is 4.16. The molecule has 1 unspecified atom stereocenters. The first kappa shape index (κ1) is 15.7. The highest BCUT2D eigenvalue weighted by atomic mass is 35.5. The first-order chi connectivity index (χ1) is 9.58. The fraction of sp³-hybridized carbons (Fsp3) is 0.562. The highest BCUT2D eigenvalue weighted by Crippen LogP contribution is 2.38. The molecular formula is C16H21ClO2S. The van der Waals surface area contributed by atoms with Crippen LogP contribution in [0.5, 0.6) is 0 Å². The van der Waals surface area contributed by atoms with E-state index in [9.17, 15) is 4.79 Å². The summed E-state index contributed by atoms with van der Waals surface area (Å²) in [6, 6.07) is 6.27. The van der Waals surface area contributed by atoms with E-state index in [1.807, 2.05) is 13.0 Å². The summed E-state index contributed by atoms with van der Waals surface area (Å²) in [5.74, 6) is -0.0394. The number of aliphatic carboxylic acids is 1. The Morgan fingerprint density at radius 3 is 2.70 bits per heavy atom. The van der Waals surface area contributed by atoms with Crippen molar-refractivity contribution in [3.05, 3.63) is 34.3 Å². The Hall–Kier alpha value is -0.670. The molecule has 1 aliphatic rings. The summed E-state index contributed by atoms with van der Waals surface area (Å²) >= 11 is 7.87. The van der Waals surface area contributed by atoms with Crippen LogP contribution in [-0.2, 0) is 4.79 Å². The van der Waals surface area contributed by atoms with Gasteiger partial charge in [0.05, 0.1) is 5.75 Å². The van der Waals surface area contributed by atoms with E-state index in [1.54, 1.807) is 0 Å². The highest BCUT2D eigenvalue weighted by molar-refractivity contribution is 8.00. The van der Waals surface area contributed by atoms with Crippen LogP contribution < -0.4 is 0 Å². The maximum atomic E-state index is 10.6. The topological polar surface area (TPSA) is 37.3 Å². The molecule has 110 valence electrons. The predicted molar refractivity (Wildman–Crippen MR) is 85.8 cm³/mol. The Kier molecular flexibility index (Phi) is 5.79. The Morgan fingerprint density at radius 2 is 2.10 bits per heavy atom. The number of hydrogen-bond acceptors (Lipinski definition) is 2. The zero-order valence-corrected chi connectivity index (χ0v) is 13.3. The maximum absolute atomic E-state index is 10.6. The minimum atomic E-state index is -0.772.